The summed E-state index contributed by atoms with van der Waals surface area (Å²) in [5.41, 5.74) is 6.46. The average molecular weight is 283 g/mol. The van der Waals surface area contributed by atoms with Gasteiger partial charge in [0.2, 0.25) is 0 Å². The summed E-state index contributed by atoms with van der Waals surface area (Å²) in [5, 5.41) is 1.45. The maximum Gasteiger partial charge on any atom is 0.260 e. The minimum Gasteiger partial charge on any atom is -0.330 e. The molecule has 2 heterocycles. The summed E-state index contributed by atoms with van der Waals surface area (Å²) in [6.45, 7) is 4.71. The van der Waals surface area contributed by atoms with Gasteiger partial charge in [-0.1, -0.05) is 11.8 Å². The van der Waals surface area contributed by atoms with Crippen LogP contribution in [0.2, 0.25) is 0 Å². The Balaban J connectivity index is 2.24. The molecule has 0 unspecified atom stereocenters. The van der Waals surface area contributed by atoms with Gasteiger partial charge in [0, 0.05) is 10.6 Å². The van der Waals surface area contributed by atoms with E-state index in [1.54, 1.807) is 23.1 Å². The molecule has 0 bridgehead atoms. The number of thioether (sulfide) groups is 1. The highest BCUT2D eigenvalue weighted by molar-refractivity contribution is 7.99. The molecule has 0 aliphatic heterocycles. The lowest BCUT2D eigenvalue weighted by Gasteiger charge is -2.00. The van der Waals surface area contributed by atoms with Gasteiger partial charge in [0.1, 0.15) is 4.83 Å². The second-order valence-electron chi connectivity index (χ2n) is 4.18. The molecule has 3 N–H and O–H groups in total. The van der Waals surface area contributed by atoms with Crippen LogP contribution in [0.4, 0.5) is 0 Å². The fraction of sp³-hybridized carbons (Fsp3) is 0.500. The van der Waals surface area contributed by atoms with Crippen LogP contribution in [0.3, 0.4) is 0 Å². The lowest BCUT2D eigenvalue weighted by molar-refractivity contribution is 0.812. The first-order chi connectivity index (χ1) is 8.63. The first-order valence-electron chi connectivity index (χ1n) is 5.96. The first kappa shape index (κ1) is 13.6. The molecule has 0 aromatic carbocycles. The number of aryl methyl sites for hydroxylation is 2. The first-order valence-corrected chi connectivity index (χ1v) is 7.76. The van der Waals surface area contributed by atoms with Crippen LogP contribution in [0.25, 0.3) is 10.2 Å². The summed E-state index contributed by atoms with van der Waals surface area (Å²) >= 11 is 3.18. The lowest BCUT2D eigenvalue weighted by Crippen LogP contribution is -2.09. The third-order valence-corrected chi connectivity index (χ3v) is 4.92. The molecule has 18 heavy (non-hydrogen) atoms. The van der Waals surface area contributed by atoms with E-state index in [9.17, 15) is 4.79 Å². The van der Waals surface area contributed by atoms with Crippen molar-refractivity contribution in [2.75, 3.05) is 12.3 Å². The monoisotopic (exact) mass is 283 g/mol. The number of unbranched alkanes of at least 4 members (excludes halogenated alkanes) is 1. The Bertz CT molecular complexity index is 603. The highest BCUT2D eigenvalue weighted by Gasteiger charge is 2.11. The van der Waals surface area contributed by atoms with Gasteiger partial charge >= 0.3 is 0 Å². The summed E-state index contributed by atoms with van der Waals surface area (Å²) in [6.07, 6.45) is 2.06. The fourth-order valence-electron chi connectivity index (χ4n) is 1.72. The molecule has 2 aromatic rings. The van der Waals surface area contributed by atoms with Crippen molar-refractivity contribution in [3.8, 4) is 0 Å². The normalized spacial score (nSPS) is 11.3. The SMILES string of the molecule is Cc1sc2nc(SCCCCN)[nH]c(=O)c2c1C. The predicted molar refractivity (Wildman–Crippen MR) is 78.7 cm³/mol. The summed E-state index contributed by atoms with van der Waals surface area (Å²) in [7, 11) is 0. The Hall–Kier alpha value is -0.850. The molecular formula is C12H17N3OS2. The van der Waals surface area contributed by atoms with Crippen molar-refractivity contribution in [2.24, 2.45) is 5.73 Å². The second-order valence-corrected chi connectivity index (χ2v) is 6.47. The Morgan fingerprint density at radius 1 is 1.39 bits per heavy atom. The van der Waals surface area contributed by atoms with Crippen LogP contribution in [-0.2, 0) is 0 Å². The van der Waals surface area contributed by atoms with Gasteiger partial charge in [0.25, 0.3) is 5.56 Å². The van der Waals surface area contributed by atoms with E-state index in [-0.39, 0.29) is 5.56 Å². The molecule has 2 aromatic heterocycles. The van der Waals surface area contributed by atoms with Crippen LogP contribution >= 0.6 is 23.1 Å². The maximum atomic E-state index is 12.0. The Morgan fingerprint density at radius 3 is 2.89 bits per heavy atom. The zero-order valence-electron chi connectivity index (χ0n) is 10.6. The standard InChI is InChI=1S/C12H17N3OS2/c1-7-8(2)18-11-9(7)10(16)14-12(15-11)17-6-4-3-5-13/h3-6,13H2,1-2H3,(H,14,15,16). The number of hydrogen-bond acceptors (Lipinski definition) is 5. The molecule has 0 radical (unpaired) electrons. The van der Waals surface area contributed by atoms with Crippen molar-refractivity contribution < 1.29 is 0 Å². The number of hydrogen-bond donors (Lipinski definition) is 2. The number of nitrogens with zero attached hydrogens (tertiary/aromatic N) is 1. The molecule has 0 fully saturated rings. The zero-order chi connectivity index (χ0) is 13.1. The molecule has 0 aliphatic carbocycles. The fourth-order valence-corrected chi connectivity index (χ4v) is 3.67. The third-order valence-electron chi connectivity index (χ3n) is 2.85. The van der Waals surface area contributed by atoms with Crippen molar-refractivity contribution in [1.82, 2.24) is 9.97 Å². The van der Waals surface area contributed by atoms with Gasteiger partial charge in [-0.25, -0.2) is 4.98 Å². The zero-order valence-corrected chi connectivity index (χ0v) is 12.2. The summed E-state index contributed by atoms with van der Waals surface area (Å²) in [4.78, 5) is 21.4. The smallest absolute Gasteiger partial charge is 0.260 e. The van der Waals surface area contributed by atoms with E-state index in [0.717, 1.165) is 39.3 Å². The van der Waals surface area contributed by atoms with Crippen molar-refractivity contribution in [2.45, 2.75) is 31.8 Å². The topological polar surface area (TPSA) is 71.8 Å². The van der Waals surface area contributed by atoms with Crippen LogP contribution in [0, 0.1) is 13.8 Å². The van der Waals surface area contributed by atoms with Crippen LogP contribution in [0.15, 0.2) is 9.95 Å². The summed E-state index contributed by atoms with van der Waals surface area (Å²) < 4.78 is 0. The second kappa shape index (κ2) is 5.86. The molecule has 4 nitrogen and oxygen atoms in total. The van der Waals surface area contributed by atoms with Gasteiger partial charge in [-0.3, -0.25) is 4.79 Å². The highest BCUT2D eigenvalue weighted by atomic mass is 32.2. The van der Waals surface area contributed by atoms with Crippen LogP contribution in [0.1, 0.15) is 23.3 Å². The van der Waals surface area contributed by atoms with Crippen molar-refractivity contribution in [1.29, 1.82) is 0 Å². The number of H-pyrrole nitrogens is 1. The van der Waals surface area contributed by atoms with E-state index in [1.807, 2.05) is 13.8 Å². The number of aromatic nitrogens is 2. The van der Waals surface area contributed by atoms with Gasteiger partial charge < -0.3 is 10.7 Å². The number of aromatic amines is 1. The molecule has 6 heteroatoms. The van der Waals surface area contributed by atoms with E-state index >= 15 is 0 Å². The molecule has 0 spiro atoms. The molecule has 0 saturated heterocycles. The van der Waals surface area contributed by atoms with Gasteiger partial charge in [-0.15, -0.1) is 11.3 Å². The Labute approximate surface area is 114 Å². The predicted octanol–water partition coefficient (Wildman–Crippen LogP) is 2.43. The van der Waals surface area contributed by atoms with Gasteiger partial charge in [0.15, 0.2) is 5.16 Å². The molecule has 0 atom stereocenters. The highest BCUT2D eigenvalue weighted by Crippen LogP contribution is 2.27. The van der Waals surface area contributed by atoms with E-state index in [2.05, 4.69) is 9.97 Å². The minimum atomic E-state index is -0.0248. The number of fused-ring (bicyclic) bond motifs is 1. The van der Waals surface area contributed by atoms with Crippen LogP contribution < -0.4 is 11.3 Å². The third kappa shape index (κ3) is 2.76. The minimum absolute atomic E-state index is 0.0248. The molecule has 98 valence electrons. The number of thiophene rings is 1. The summed E-state index contributed by atoms with van der Waals surface area (Å²) in [6, 6.07) is 0. The number of nitrogens with one attached hydrogen (secondary N) is 1. The van der Waals surface area contributed by atoms with E-state index in [4.69, 9.17) is 5.73 Å². The maximum absolute atomic E-state index is 12.0. The van der Waals surface area contributed by atoms with Crippen molar-refractivity contribution in [3.63, 3.8) is 0 Å². The molecule has 0 amide bonds. The quantitative estimate of drug-likeness (QED) is 0.502. The van der Waals surface area contributed by atoms with Gasteiger partial charge in [-0.05, 0) is 38.8 Å². The van der Waals surface area contributed by atoms with Crippen molar-refractivity contribution in [3.05, 3.63) is 20.8 Å². The lowest BCUT2D eigenvalue weighted by atomic mass is 10.2. The molecule has 2 rings (SSSR count). The van der Waals surface area contributed by atoms with E-state index in [1.165, 1.54) is 0 Å². The molecule has 0 saturated carbocycles. The van der Waals surface area contributed by atoms with Crippen LogP contribution in [-0.4, -0.2) is 22.3 Å². The van der Waals surface area contributed by atoms with Gasteiger partial charge in [-0.2, -0.15) is 0 Å². The van der Waals surface area contributed by atoms with Crippen molar-refractivity contribution >= 4 is 33.3 Å². The Kier molecular flexibility index (Phi) is 4.42. The summed E-state index contributed by atoms with van der Waals surface area (Å²) in [5.74, 6) is 0.939. The number of rotatable bonds is 5. The van der Waals surface area contributed by atoms with Gasteiger partial charge in [0.05, 0.1) is 5.39 Å². The Morgan fingerprint density at radius 2 is 2.17 bits per heavy atom. The average Bonchev–Trinajstić information content (AvgIpc) is 2.61. The van der Waals surface area contributed by atoms with E-state index < -0.39 is 0 Å². The number of nitrogens with two attached hydrogens (primary N) is 1. The van der Waals surface area contributed by atoms with Crippen LogP contribution in [0.5, 0.6) is 0 Å². The largest absolute Gasteiger partial charge is 0.330 e. The molecular weight excluding hydrogens is 266 g/mol. The molecule has 0 aliphatic rings. The van der Waals surface area contributed by atoms with E-state index in [0.29, 0.717) is 11.7 Å².